The van der Waals surface area contributed by atoms with Gasteiger partial charge >= 0.3 is 0 Å². The van der Waals surface area contributed by atoms with Crippen molar-refractivity contribution in [2.24, 2.45) is 0 Å². The number of nitrogens with one attached hydrogen (secondary N) is 1. The van der Waals surface area contributed by atoms with Crippen LogP contribution < -0.4 is 5.32 Å². The number of hydrogen-bond donors (Lipinski definition) is 1. The van der Waals surface area contributed by atoms with E-state index in [9.17, 15) is 0 Å². The van der Waals surface area contributed by atoms with Crippen LogP contribution in [0.2, 0.25) is 0 Å². The van der Waals surface area contributed by atoms with E-state index in [1.165, 1.54) is 35.1 Å². The third-order valence-corrected chi connectivity index (χ3v) is 5.12. The fourth-order valence-corrected chi connectivity index (χ4v) is 3.66. The summed E-state index contributed by atoms with van der Waals surface area (Å²) in [6.45, 7) is 8.74. The molecule has 0 bridgehead atoms. The zero-order valence-electron chi connectivity index (χ0n) is 11.7. The summed E-state index contributed by atoms with van der Waals surface area (Å²) in [4.78, 5) is 0. The molecule has 0 aliphatic carbocycles. The maximum Gasteiger partial charge on any atom is 0.0766 e. The summed E-state index contributed by atoms with van der Waals surface area (Å²) in [5.41, 5.74) is 2.85. The fourth-order valence-electron chi connectivity index (χ4n) is 2.95. The monoisotopic (exact) mass is 313 g/mol. The van der Waals surface area contributed by atoms with Gasteiger partial charge in [-0.3, -0.25) is 4.68 Å². The van der Waals surface area contributed by atoms with Gasteiger partial charge in [0.2, 0.25) is 0 Å². The molecule has 102 valence electrons. The Morgan fingerprint density at radius 2 is 2.17 bits per heavy atom. The van der Waals surface area contributed by atoms with Crippen molar-refractivity contribution in [2.75, 3.05) is 6.54 Å². The van der Waals surface area contributed by atoms with E-state index in [2.05, 4.69) is 46.7 Å². The van der Waals surface area contributed by atoms with Crippen LogP contribution in [0.4, 0.5) is 0 Å². The minimum absolute atomic E-state index is 0.292. The van der Waals surface area contributed by atoms with Gasteiger partial charge in [-0.2, -0.15) is 5.10 Å². The minimum Gasteiger partial charge on any atom is -0.311 e. The molecule has 4 heteroatoms. The Labute approximate surface area is 118 Å². The van der Waals surface area contributed by atoms with Crippen LogP contribution in [-0.4, -0.2) is 21.9 Å². The molecular weight excluding hydrogens is 290 g/mol. The van der Waals surface area contributed by atoms with Gasteiger partial charge in [0.15, 0.2) is 0 Å². The Kier molecular flexibility index (Phi) is 4.49. The van der Waals surface area contributed by atoms with Gasteiger partial charge in [0.1, 0.15) is 0 Å². The molecule has 0 amide bonds. The Hall–Kier alpha value is -0.350. The summed E-state index contributed by atoms with van der Waals surface area (Å²) in [7, 11) is 0. The van der Waals surface area contributed by atoms with Crippen molar-refractivity contribution in [3.8, 4) is 0 Å². The molecule has 2 rings (SSSR count). The van der Waals surface area contributed by atoms with E-state index in [0.29, 0.717) is 5.54 Å². The standard InChI is InChI=1S/C14H24BrN3/c1-4-11-13(15)12(18(6-3)17-11)10-14(5-2)8-7-9-16-14/h16H,4-10H2,1-3H3. The number of nitrogens with zero attached hydrogens (tertiary/aromatic N) is 2. The largest absolute Gasteiger partial charge is 0.311 e. The molecule has 3 nitrogen and oxygen atoms in total. The second-order valence-corrected chi connectivity index (χ2v) is 6.01. The number of aromatic nitrogens is 2. The van der Waals surface area contributed by atoms with Crippen molar-refractivity contribution in [1.29, 1.82) is 0 Å². The molecule has 1 aliphatic rings. The second kappa shape index (κ2) is 5.74. The smallest absolute Gasteiger partial charge is 0.0766 e. The van der Waals surface area contributed by atoms with Crippen LogP contribution in [0, 0.1) is 0 Å². The molecule has 1 fully saturated rings. The summed E-state index contributed by atoms with van der Waals surface area (Å²) in [6.07, 6.45) is 5.85. The summed E-state index contributed by atoms with van der Waals surface area (Å²) >= 11 is 3.75. The molecule has 1 aromatic heterocycles. The minimum atomic E-state index is 0.292. The van der Waals surface area contributed by atoms with E-state index in [-0.39, 0.29) is 0 Å². The van der Waals surface area contributed by atoms with Gasteiger partial charge in [-0.15, -0.1) is 0 Å². The Morgan fingerprint density at radius 1 is 1.39 bits per heavy atom. The molecule has 1 N–H and O–H groups in total. The third-order valence-electron chi connectivity index (χ3n) is 4.21. The van der Waals surface area contributed by atoms with Crippen LogP contribution >= 0.6 is 15.9 Å². The lowest BCUT2D eigenvalue weighted by atomic mass is 9.88. The number of rotatable bonds is 5. The van der Waals surface area contributed by atoms with Crippen LogP contribution in [-0.2, 0) is 19.4 Å². The lowest BCUT2D eigenvalue weighted by Gasteiger charge is -2.28. The van der Waals surface area contributed by atoms with Crippen molar-refractivity contribution in [2.45, 2.75) is 65.0 Å². The van der Waals surface area contributed by atoms with Crippen molar-refractivity contribution >= 4 is 15.9 Å². The van der Waals surface area contributed by atoms with Crippen molar-refractivity contribution in [3.05, 3.63) is 15.9 Å². The van der Waals surface area contributed by atoms with Gasteiger partial charge in [0, 0.05) is 18.5 Å². The van der Waals surface area contributed by atoms with E-state index in [0.717, 1.165) is 25.9 Å². The first-order valence-electron chi connectivity index (χ1n) is 7.15. The van der Waals surface area contributed by atoms with Crippen LogP contribution in [0.25, 0.3) is 0 Å². The average molecular weight is 314 g/mol. The SMILES string of the molecule is CCc1nn(CC)c(CC2(CC)CCCN2)c1Br. The highest BCUT2D eigenvalue weighted by atomic mass is 79.9. The van der Waals surface area contributed by atoms with Crippen LogP contribution in [0.15, 0.2) is 4.47 Å². The van der Waals surface area contributed by atoms with Crippen LogP contribution in [0.1, 0.15) is 51.4 Å². The summed E-state index contributed by atoms with van der Waals surface area (Å²) in [5, 5.41) is 8.41. The molecule has 1 saturated heterocycles. The maximum absolute atomic E-state index is 4.70. The summed E-state index contributed by atoms with van der Waals surface area (Å²) in [5.74, 6) is 0. The van der Waals surface area contributed by atoms with Crippen molar-refractivity contribution in [1.82, 2.24) is 15.1 Å². The summed E-state index contributed by atoms with van der Waals surface area (Å²) in [6, 6.07) is 0. The molecule has 1 atom stereocenters. The fraction of sp³-hybridized carbons (Fsp3) is 0.786. The number of aryl methyl sites for hydroxylation is 2. The number of hydrogen-bond acceptors (Lipinski definition) is 2. The first-order valence-corrected chi connectivity index (χ1v) is 7.94. The molecule has 18 heavy (non-hydrogen) atoms. The highest BCUT2D eigenvalue weighted by molar-refractivity contribution is 9.10. The van der Waals surface area contributed by atoms with Gasteiger partial charge < -0.3 is 5.32 Å². The Balaban J connectivity index is 2.29. The molecule has 0 spiro atoms. The third kappa shape index (κ3) is 2.50. The van der Waals surface area contributed by atoms with Crippen molar-refractivity contribution < 1.29 is 0 Å². The van der Waals surface area contributed by atoms with E-state index >= 15 is 0 Å². The topological polar surface area (TPSA) is 29.9 Å². The number of halogens is 1. The van der Waals surface area contributed by atoms with Gasteiger partial charge in [0.25, 0.3) is 0 Å². The van der Waals surface area contributed by atoms with E-state index in [1.54, 1.807) is 0 Å². The predicted octanol–water partition coefficient (Wildman–Crippen LogP) is 3.30. The lowest BCUT2D eigenvalue weighted by molar-refractivity contribution is 0.348. The molecule has 0 aromatic carbocycles. The van der Waals surface area contributed by atoms with Gasteiger partial charge in [-0.05, 0) is 55.1 Å². The highest BCUT2D eigenvalue weighted by Crippen LogP contribution is 2.31. The summed E-state index contributed by atoms with van der Waals surface area (Å²) < 4.78 is 3.40. The average Bonchev–Trinajstić information content (AvgIpc) is 2.97. The second-order valence-electron chi connectivity index (χ2n) is 5.22. The molecule has 1 aromatic rings. The van der Waals surface area contributed by atoms with Gasteiger partial charge in [-0.1, -0.05) is 13.8 Å². The van der Waals surface area contributed by atoms with Gasteiger partial charge in [0.05, 0.1) is 15.9 Å². The van der Waals surface area contributed by atoms with Crippen LogP contribution in [0.5, 0.6) is 0 Å². The van der Waals surface area contributed by atoms with E-state index < -0.39 is 0 Å². The molecular formula is C14H24BrN3. The van der Waals surface area contributed by atoms with E-state index in [4.69, 9.17) is 5.10 Å². The first kappa shape index (κ1) is 14.1. The van der Waals surface area contributed by atoms with Crippen LogP contribution in [0.3, 0.4) is 0 Å². The first-order chi connectivity index (χ1) is 8.65. The molecule has 0 radical (unpaired) electrons. The Morgan fingerprint density at radius 3 is 2.67 bits per heavy atom. The zero-order chi connectivity index (χ0) is 13.2. The lowest BCUT2D eigenvalue weighted by Crippen LogP contribution is -2.41. The Bertz CT molecular complexity index is 405. The van der Waals surface area contributed by atoms with Gasteiger partial charge in [-0.25, -0.2) is 0 Å². The zero-order valence-corrected chi connectivity index (χ0v) is 13.3. The molecule has 0 saturated carbocycles. The van der Waals surface area contributed by atoms with E-state index in [1.807, 2.05) is 0 Å². The molecule has 1 aliphatic heterocycles. The molecule has 2 heterocycles. The quantitative estimate of drug-likeness (QED) is 0.904. The molecule has 1 unspecified atom stereocenters. The normalized spacial score (nSPS) is 23.8. The predicted molar refractivity (Wildman–Crippen MR) is 78.9 cm³/mol. The van der Waals surface area contributed by atoms with Crippen molar-refractivity contribution in [3.63, 3.8) is 0 Å². The maximum atomic E-state index is 4.70. The highest BCUT2D eigenvalue weighted by Gasteiger charge is 2.33.